The fourth-order valence-electron chi connectivity index (χ4n) is 2.93. The van der Waals surface area contributed by atoms with Crippen molar-refractivity contribution in [3.8, 4) is 11.5 Å². The van der Waals surface area contributed by atoms with E-state index in [0.717, 1.165) is 16.8 Å². The molecule has 0 saturated carbocycles. The van der Waals surface area contributed by atoms with Gasteiger partial charge < -0.3 is 9.73 Å². The fraction of sp³-hybridized carbons (Fsp3) is 0.0909. The molecule has 4 rings (SSSR count). The molecule has 1 heterocycles. The van der Waals surface area contributed by atoms with Crippen molar-refractivity contribution in [3.63, 3.8) is 0 Å². The Hall–Kier alpha value is -2.82. The fourth-order valence-corrected chi connectivity index (χ4v) is 3.32. The van der Waals surface area contributed by atoms with E-state index in [9.17, 15) is 0 Å². The summed E-state index contributed by atoms with van der Waals surface area (Å²) in [4.78, 5) is 0. The average Bonchev–Trinajstić information content (AvgIpc) is 3.19. The highest BCUT2D eigenvalue weighted by Gasteiger charge is 2.22. The second-order valence-corrected chi connectivity index (χ2v) is 7.22. The first-order valence-electron chi connectivity index (χ1n) is 8.78. The quantitative estimate of drug-likeness (QED) is 0.405. The zero-order valence-electron chi connectivity index (χ0n) is 15.1. The molecule has 3 aromatic carbocycles. The zero-order chi connectivity index (χ0) is 19.5. The lowest BCUT2D eigenvalue weighted by molar-refractivity contribution is 0.494. The van der Waals surface area contributed by atoms with Crippen LogP contribution in [0.25, 0.3) is 11.5 Å². The molecule has 4 nitrogen and oxygen atoms in total. The molecular weight excluding hydrogens is 393 g/mol. The maximum atomic E-state index is 6.27. The number of benzene rings is 3. The number of nitrogens with one attached hydrogen (secondary N) is 1. The molecule has 0 fully saturated rings. The van der Waals surface area contributed by atoms with Gasteiger partial charge in [0.1, 0.15) is 6.04 Å². The number of halogens is 2. The minimum absolute atomic E-state index is 0.331. The van der Waals surface area contributed by atoms with Gasteiger partial charge in [-0.2, -0.15) is 0 Å². The van der Waals surface area contributed by atoms with Crippen LogP contribution in [0.15, 0.2) is 77.2 Å². The molecule has 6 heteroatoms. The number of aryl methyl sites for hydroxylation is 1. The van der Waals surface area contributed by atoms with Crippen LogP contribution in [0.3, 0.4) is 0 Å². The number of hydrogen-bond donors (Lipinski definition) is 1. The number of anilines is 1. The molecule has 4 aromatic rings. The standard InChI is InChI=1S/C22H17Cl2N3O/c1-14-11-12-16(23)13-19(14)25-20(15-7-3-2-4-8-15)22-27-26-21(28-22)17-9-5-6-10-18(17)24/h2-13,20,25H,1H3. The summed E-state index contributed by atoms with van der Waals surface area (Å²) in [6.07, 6.45) is 0. The smallest absolute Gasteiger partial charge is 0.249 e. The van der Waals surface area contributed by atoms with E-state index in [1.165, 1.54) is 0 Å². The highest BCUT2D eigenvalue weighted by molar-refractivity contribution is 6.33. The van der Waals surface area contributed by atoms with Crippen molar-refractivity contribution < 1.29 is 4.42 Å². The van der Waals surface area contributed by atoms with Gasteiger partial charge in [0.15, 0.2) is 0 Å². The number of rotatable bonds is 5. The highest BCUT2D eigenvalue weighted by atomic mass is 35.5. The Morgan fingerprint density at radius 3 is 2.43 bits per heavy atom. The van der Waals surface area contributed by atoms with E-state index in [1.807, 2.05) is 73.7 Å². The van der Waals surface area contributed by atoms with Crippen molar-refractivity contribution in [1.29, 1.82) is 0 Å². The summed E-state index contributed by atoms with van der Waals surface area (Å²) in [6.45, 7) is 2.02. The van der Waals surface area contributed by atoms with Crippen LogP contribution in [-0.4, -0.2) is 10.2 Å². The second-order valence-electron chi connectivity index (χ2n) is 6.37. The maximum absolute atomic E-state index is 6.27. The van der Waals surface area contributed by atoms with E-state index in [4.69, 9.17) is 27.6 Å². The first-order valence-corrected chi connectivity index (χ1v) is 9.53. The average molecular weight is 410 g/mol. The van der Waals surface area contributed by atoms with Gasteiger partial charge in [-0.15, -0.1) is 10.2 Å². The Morgan fingerprint density at radius 2 is 1.64 bits per heavy atom. The Labute approximate surface area is 173 Å². The van der Waals surface area contributed by atoms with Crippen LogP contribution in [0.1, 0.15) is 23.1 Å². The van der Waals surface area contributed by atoms with Gasteiger partial charge in [-0.25, -0.2) is 0 Å². The molecule has 0 spiro atoms. The van der Waals surface area contributed by atoms with Crippen LogP contribution in [0.5, 0.6) is 0 Å². The van der Waals surface area contributed by atoms with Crippen LogP contribution in [0.2, 0.25) is 10.0 Å². The van der Waals surface area contributed by atoms with Crippen LogP contribution in [-0.2, 0) is 0 Å². The lowest BCUT2D eigenvalue weighted by Crippen LogP contribution is -2.13. The summed E-state index contributed by atoms with van der Waals surface area (Å²) in [5.41, 5.74) is 3.67. The largest absolute Gasteiger partial charge is 0.418 e. The van der Waals surface area contributed by atoms with Crippen molar-refractivity contribution in [2.45, 2.75) is 13.0 Å². The van der Waals surface area contributed by atoms with Crippen molar-refractivity contribution >= 4 is 28.9 Å². The van der Waals surface area contributed by atoms with Gasteiger partial charge in [0.25, 0.3) is 0 Å². The summed E-state index contributed by atoms with van der Waals surface area (Å²) >= 11 is 12.5. The van der Waals surface area contributed by atoms with E-state index >= 15 is 0 Å². The summed E-state index contributed by atoms with van der Waals surface area (Å²) in [7, 11) is 0. The predicted molar refractivity (Wildman–Crippen MR) is 113 cm³/mol. The molecule has 140 valence electrons. The first kappa shape index (κ1) is 18.5. The van der Waals surface area contributed by atoms with Crippen LogP contribution >= 0.6 is 23.2 Å². The SMILES string of the molecule is Cc1ccc(Cl)cc1NC(c1ccccc1)c1nnc(-c2ccccc2Cl)o1. The molecule has 0 saturated heterocycles. The van der Waals surface area contributed by atoms with Crippen LogP contribution in [0, 0.1) is 6.92 Å². The third-order valence-electron chi connectivity index (χ3n) is 4.42. The Bertz CT molecular complexity index is 1100. The van der Waals surface area contributed by atoms with Gasteiger partial charge in [0, 0.05) is 10.7 Å². The second kappa shape index (κ2) is 8.05. The Balaban J connectivity index is 1.75. The molecule has 0 radical (unpaired) electrons. The topological polar surface area (TPSA) is 51.0 Å². The monoisotopic (exact) mass is 409 g/mol. The molecular formula is C22H17Cl2N3O. The first-order chi connectivity index (χ1) is 13.6. The zero-order valence-corrected chi connectivity index (χ0v) is 16.6. The Kier molecular flexibility index (Phi) is 5.33. The van der Waals surface area contributed by atoms with Crippen molar-refractivity contribution in [3.05, 3.63) is 99.9 Å². The molecule has 1 aromatic heterocycles. The summed E-state index contributed by atoms with van der Waals surface area (Å²) in [5, 5.41) is 13.2. The van der Waals surface area contributed by atoms with Crippen LogP contribution < -0.4 is 5.32 Å². The van der Waals surface area contributed by atoms with Crippen LogP contribution in [0.4, 0.5) is 5.69 Å². The molecule has 1 atom stereocenters. The minimum Gasteiger partial charge on any atom is -0.418 e. The predicted octanol–water partition coefficient (Wildman–Crippen LogP) is 6.55. The molecule has 0 aliphatic carbocycles. The Morgan fingerprint density at radius 1 is 0.893 bits per heavy atom. The molecule has 0 bridgehead atoms. The van der Waals surface area contributed by atoms with Gasteiger partial charge in [-0.3, -0.25) is 0 Å². The lowest BCUT2D eigenvalue weighted by Gasteiger charge is -2.18. The molecule has 0 amide bonds. The number of aromatic nitrogens is 2. The van der Waals surface area contributed by atoms with E-state index in [1.54, 1.807) is 6.07 Å². The summed E-state index contributed by atoms with van der Waals surface area (Å²) < 4.78 is 6.01. The normalized spacial score (nSPS) is 12.0. The highest BCUT2D eigenvalue weighted by Crippen LogP contribution is 2.32. The molecule has 28 heavy (non-hydrogen) atoms. The third kappa shape index (κ3) is 3.88. The van der Waals surface area contributed by atoms with Gasteiger partial charge in [0.2, 0.25) is 11.8 Å². The molecule has 1 unspecified atom stereocenters. The number of hydrogen-bond acceptors (Lipinski definition) is 4. The summed E-state index contributed by atoms with van der Waals surface area (Å²) in [5.74, 6) is 0.826. The van der Waals surface area contributed by atoms with Crippen molar-refractivity contribution in [1.82, 2.24) is 10.2 Å². The van der Waals surface area contributed by atoms with E-state index < -0.39 is 0 Å². The molecule has 1 N–H and O–H groups in total. The van der Waals surface area contributed by atoms with E-state index in [-0.39, 0.29) is 6.04 Å². The van der Waals surface area contributed by atoms with Gasteiger partial charge in [-0.1, -0.05) is 71.7 Å². The third-order valence-corrected chi connectivity index (χ3v) is 4.99. The van der Waals surface area contributed by atoms with Gasteiger partial charge in [0.05, 0.1) is 10.6 Å². The minimum atomic E-state index is -0.331. The molecule has 0 aliphatic rings. The van der Waals surface area contributed by atoms with Gasteiger partial charge in [-0.05, 0) is 42.3 Å². The maximum Gasteiger partial charge on any atom is 0.249 e. The van der Waals surface area contributed by atoms with Crippen molar-refractivity contribution in [2.24, 2.45) is 0 Å². The molecule has 0 aliphatic heterocycles. The van der Waals surface area contributed by atoms with E-state index in [2.05, 4.69) is 15.5 Å². The number of nitrogens with zero attached hydrogens (tertiary/aromatic N) is 2. The summed E-state index contributed by atoms with van der Waals surface area (Å²) in [6, 6.07) is 22.7. The van der Waals surface area contributed by atoms with E-state index in [0.29, 0.717) is 27.4 Å². The van der Waals surface area contributed by atoms with Crippen molar-refractivity contribution in [2.75, 3.05) is 5.32 Å². The lowest BCUT2D eigenvalue weighted by atomic mass is 10.1. The van der Waals surface area contributed by atoms with Gasteiger partial charge >= 0.3 is 0 Å².